The lowest BCUT2D eigenvalue weighted by Crippen LogP contribution is -2.27. The van der Waals surface area contributed by atoms with Gasteiger partial charge in [-0.3, -0.25) is 4.79 Å². The fraction of sp³-hybridized carbons (Fsp3) is 0.500. The first kappa shape index (κ1) is 15.8. The second-order valence-corrected chi connectivity index (χ2v) is 6.91. The van der Waals surface area contributed by atoms with Gasteiger partial charge in [0.25, 0.3) is 5.91 Å². The van der Waals surface area contributed by atoms with E-state index in [0.29, 0.717) is 10.8 Å². The van der Waals surface area contributed by atoms with Gasteiger partial charge in [0, 0.05) is 17.5 Å². The average molecular weight is 307 g/mol. The maximum Gasteiger partial charge on any atom is 0.328 e. The van der Waals surface area contributed by atoms with E-state index in [1.54, 1.807) is 0 Å². The Morgan fingerprint density at radius 3 is 2.86 bits per heavy atom. The highest BCUT2D eigenvalue weighted by atomic mass is 32.1. The van der Waals surface area contributed by atoms with Crippen LogP contribution in [0.2, 0.25) is 0 Å². The summed E-state index contributed by atoms with van der Waals surface area (Å²) in [5.41, 5.74) is 0.928. The van der Waals surface area contributed by atoms with Gasteiger partial charge in [0.1, 0.15) is 0 Å². The highest BCUT2D eigenvalue weighted by molar-refractivity contribution is 7.15. The summed E-state index contributed by atoms with van der Waals surface area (Å²) in [6, 6.07) is 1.82. The highest BCUT2D eigenvalue weighted by Crippen LogP contribution is 2.30. The van der Waals surface area contributed by atoms with Crippen LogP contribution in [0.25, 0.3) is 6.08 Å². The molecular weight excluding hydrogens is 286 g/mol. The van der Waals surface area contributed by atoms with Crippen LogP contribution in [-0.4, -0.2) is 23.5 Å². The fourth-order valence-corrected chi connectivity index (χ4v) is 3.75. The van der Waals surface area contributed by atoms with Crippen molar-refractivity contribution in [3.8, 4) is 0 Å². The molecule has 4 nitrogen and oxygen atoms in total. The number of carbonyl (C=O) groups excluding carboxylic acids is 1. The Balaban J connectivity index is 1.93. The Labute approximate surface area is 128 Å². The Hall–Kier alpha value is -1.62. The number of rotatable bonds is 5. The first-order valence-electron chi connectivity index (χ1n) is 7.25. The molecule has 0 spiro atoms. The largest absolute Gasteiger partial charge is 0.478 e. The van der Waals surface area contributed by atoms with E-state index in [0.717, 1.165) is 29.0 Å². The van der Waals surface area contributed by atoms with Crippen LogP contribution >= 0.6 is 11.3 Å². The molecule has 114 valence electrons. The molecule has 21 heavy (non-hydrogen) atoms. The lowest BCUT2D eigenvalue weighted by molar-refractivity contribution is -0.131. The summed E-state index contributed by atoms with van der Waals surface area (Å²) >= 11 is 1.33. The van der Waals surface area contributed by atoms with Gasteiger partial charge in [0.05, 0.1) is 4.88 Å². The van der Waals surface area contributed by atoms with Crippen molar-refractivity contribution >= 4 is 29.3 Å². The number of aryl methyl sites for hydroxylation is 1. The minimum absolute atomic E-state index is 0.0578. The minimum atomic E-state index is -0.982. The number of nitrogens with one attached hydrogen (secondary N) is 1. The number of aliphatic carboxylic acids is 1. The van der Waals surface area contributed by atoms with E-state index in [1.807, 2.05) is 13.0 Å². The number of thiophene rings is 1. The summed E-state index contributed by atoms with van der Waals surface area (Å²) in [4.78, 5) is 24.1. The first-order chi connectivity index (χ1) is 9.95. The number of carboxylic acids is 1. The van der Waals surface area contributed by atoms with Crippen molar-refractivity contribution in [1.82, 2.24) is 5.32 Å². The second kappa shape index (κ2) is 6.89. The molecule has 5 heteroatoms. The Kier molecular flexibility index (Phi) is 5.17. The maximum atomic E-state index is 12.1. The van der Waals surface area contributed by atoms with Crippen molar-refractivity contribution < 1.29 is 14.7 Å². The van der Waals surface area contributed by atoms with E-state index in [2.05, 4.69) is 12.2 Å². The van der Waals surface area contributed by atoms with E-state index < -0.39 is 5.97 Å². The summed E-state index contributed by atoms with van der Waals surface area (Å²) < 4.78 is 0. The third-order valence-electron chi connectivity index (χ3n) is 3.91. The molecule has 2 N–H and O–H groups in total. The quantitative estimate of drug-likeness (QED) is 0.820. The summed E-state index contributed by atoms with van der Waals surface area (Å²) in [7, 11) is 0. The zero-order valence-electron chi connectivity index (χ0n) is 12.4. The topological polar surface area (TPSA) is 66.4 Å². The van der Waals surface area contributed by atoms with Crippen molar-refractivity contribution in [3.63, 3.8) is 0 Å². The van der Waals surface area contributed by atoms with Crippen LogP contribution in [0.4, 0.5) is 0 Å². The Morgan fingerprint density at radius 1 is 1.48 bits per heavy atom. The number of amides is 1. The average Bonchev–Trinajstić information content (AvgIpc) is 3.00. The molecule has 1 aromatic heterocycles. The van der Waals surface area contributed by atoms with Crippen LogP contribution in [0.5, 0.6) is 0 Å². The maximum absolute atomic E-state index is 12.1. The van der Waals surface area contributed by atoms with Gasteiger partial charge in [0.15, 0.2) is 0 Å². The van der Waals surface area contributed by atoms with Gasteiger partial charge in [-0.05, 0) is 49.3 Å². The van der Waals surface area contributed by atoms with Gasteiger partial charge in [-0.2, -0.15) is 0 Å². The van der Waals surface area contributed by atoms with Crippen LogP contribution in [0.3, 0.4) is 0 Å². The first-order valence-corrected chi connectivity index (χ1v) is 8.07. The van der Waals surface area contributed by atoms with Crippen molar-refractivity contribution in [3.05, 3.63) is 27.5 Å². The SMILES string of the molecule is Cc1cc(C(=O)NCC2CCC(C)C2)sc1/C=C/C(=O)O. The molecule has 1 saturated carbocycles. The molecular formula is C16H21NO3S. The zero-order valence-corrected chi connectivity index (χ0v) is 13.2. The van der Waals surface area contributed by atoms with E-state index in [-0.39, 0.29) is 5.91 Å². The molecule has 1 heterocycles. The summed E-state index contributed by atoms with van der Waals surface area (Å²) in [6.07, 6.45) is 6.27. The normalized spacial score (nSPS) is 21.8. The van der Waals surface area contributed by atoms with Crippen LogP contribution < -0.4 is 5.32 Å². The predicted molar refractivity (Wildman–Crippen MR) is 84.6 cm³/mol. The molecule has 1 aliphatic rings. The molecule has 0 aliphatic heterocycles. The molecule has 1 aliphatic carbocycles. The molecule has 0 radical (unpaired) electrons. The van der Waals surface area contributed by atoms with Gasteiger partial charge >= 0.3 is 5.97 Å². The molecule has 0 aromatic carbocycles. The van der Waals surface area contributed by atoms with E-state index in [4.69, 9.17) is 5.11 Å². The lowest BCUT2D eigenvalue weighted by Gasteiger charge is -2.10. The van der Waals surface area contributed by atoms with Gasteiger partial charge in [0.2, 0.25) is 0 Å². The number of hydrogen-bond donors (Lipinski definition) is 2. The van der Waals surface area contributed by atoms with Crippen molar-refractivity contribution in [1.29, 1.82) is 0 Å². The van der Waals surface area contributed by atoms with Gasteiger partial charge in [-0.25, -0.2) is 4.79 Å². The monoisotopic (exact) mass is 307 g/mol. The Morgan fingerprint density at radius 2 is 2.24 bits per heavy atom. The Bertz CT molecular complexity index is 562. The molecule has 1 aromatic rings. The van der Waals surface area contributed by atoms with Gasteiger partial charge in [-0.1, -0.05) is 13.3 Å². The highest BCUT2D eigenvalue weighted by Gasteiger charge is 2.22. The number of hydrogen-bond acceptors (Lipinski definition) is 3. The smallest absolute Gasteiger partial charge is 0.328 e. The van der Waals surface area contributed by atoms with E-state index in [9.17, 15) is 9.59 Å². The van der Waals surface area contributed by atoms with Crippen molar-refractivity contribution in [2.75, 3.05) is 6.54 Å². The molecule has 1 fully saturated rings. The number of carboxylic acid groups (broad SMARTS) is 1. The van der Waals surface area contributed by atoms with Gasteiger partial charge < -0.3 is 10.4 Å². The van der Waals surface area contributed by atoms with Crippen LogP contribution in [0, 0.1) is 18.8 Å². The van der Waals surface area contributed by atoms with Crippen molar-refractivity contribution in [2.45, 2.75) is 33.1 Å². The summed E-state index contributed by atoms with van der Waals surface area (Å²) in [5, 5.41) is 11.6. The molecule has 0 bridgehead atoms. The standard InChI is InChI=1S/C16H21NO3S/c1-10-3-4-12(7-10)9-17-16(20)14-8-11(2)13(21-14)5-6-15(18)19/h5-6,8,10,12H,3-4,7,9H2,1-2H3,(H,17,20)(H,18,19)/b6-5+. The van der Waals surface area contributed by atoms with E-state index in [1.165, 1.54) is 36.7 Å². The lowest BCUT2D eigenvalue weighted by atomic mass is 10.1. The predicted octanol–water partition coefficient (Wildman–Crippen LogP) is 3.32. The number of carbonyl (C=O) groups is 2. The summed E-state index contributed by atoms with van der Waals surface area (Å²) in [6.45, 7) is 4.87. The van der Waals surface area contributed by atoms with Gasteiger partial charge in [-0.15, -0.1) is 11.3 Å². The van der Waals surface area contributed by atoms with Crippen LogP contribution in [0.15, 0.2) is 12.1 Å². The third-order valence-corrected chi connectivity index (χ3v) is 5.11. The van der Waals surface area contributed by atoms with Crippen molar-refractivity contribution in [2.24, 2.45) is 11.8 Å². The van der Waals surface area contributed by atoms with E-state index >= 15 is 0 Å². The zero-order chi connectivity index (χ0) is 15.4. The summed E-state index contributed by atoms with van der Waals surface area (Å²) in [5.74, 6) is 0.321. The third kappa shape index (κ3) is 4.43. The molecule has 0 saturated heterocycles. The second-order valence-electron chi connectivity index (χ2n) is 5.82. The van der Waals surface area contributed by atoms with Crippen LogP contribution in [0.1, 0.15) is 46.3 Å². The fourth-order valence-electron chi connectivity index (χ4n) is 2.76. The molecule has 1 amide bonds. The molecule has 2 rings (SSSR count). The molecule has 2 unspecified atom stereocenters. The minimum Gasteiger partial charge on any atom is -0.478 e. The van der Waals surface area contributed by atoms with Crippen LogP contribution in [-0.2, 0) is 4.79 Å². The molecule has 2 atom stereocenters.